The van der Waals surface area contributed by atoms with E-state index in [-0.39, 0.29) is 18.5 Å². The summed E-state index contributed by atoms with van der Waals surface area (Å²) in [6.07, 6.45) is -3.84. The molecule has 2 saturated heterocycles. The molecule has 12 heteroatoms. The van der Waals surface area contributed by atoms with Crippen molar-refractivity contribution in [2.24, 2.45) is 5.41 Å². The van der Waals surface area contributed by atoms with Crippen molar-refractivity contribution in [3.63, 3.8) is 0 Å². The second-order valence-electron chi connectivity index (χ2n) is 10.9. The molecule has 3 aliphatic heterocycles. The number of anilines is 1. The summed E-state index contributed by atoms with van der Waals surface area (Å²) in [6.45, 7) is 4.60. The van der Waals surface area contributed by atoms with Crippen molar-refractivity contribution < 1.29 is 22.4 Å². The highest BCUT2D eigenvalue weighted by Gasteiger charge is 2.60. The van der Waals surface area contributed by atoms with E-state index in [0.717, 1.165) is 13.8 Å². The van der Waals surface area contributed by atoms with Crippen LogP contribution in [0.1, 0.15) is 38.1 Å². The molecule has 3 fully saturated rings. The van der Waals surface area contributed by atoms with Crippen LogP contribution in [0.3, 0.4) is 0 Å². The summed E-state index contributed by atoms with van der Waals surface area (Å²) < 4.78 is 57.6. The minimum absolute atomic E-state index is 0.0361. The van der Waals surface area contributed by atoms with Crippen molar-refractivity contribution in [1.29, 1.82) is 0 Å². The third-order valence-corrected chi connectivity index (χ3v) is 8.16. The molecule has 0 radical (unpaired) electrons. The zero-order valence-electron chi connectivity index (χ0n) is 19.4. The van der Waals surface area contributed by atoms with Gasteiger partial charge in [0, 0.05) is 43.2 Å². The number of rotatable bonds is 3. The fourth-order valence-electron chi connectivity index (χ4n) is 5.39. The number of amides is 1. The minimum atomic E-state index is -4.44. The molecule has 0 bridgehead atoms. The first kappa shape index (κ1) is 23.0. The number of aromatic nitrogens is 3. The molecule has 0 atom stereocenters. The van der Waals surface area contributed by atoms with E-state index in [1.54, 1.807) is 23.1 Å². The molecular weight excluding hydrogens is 488 g/mol. The second kappa shape index (κ2) is 7.09. The minimum Gasteiger partial charge on any atom is -0.339 e. The molecule has 1 aromatic carbocycles. The van der Waals surface area contributed by atoms with Crippen LogP contribution >= 0.6 is 11.6 Å². The van der Waals surface area contributed by atoms with Crippen molar-refractivity contribution >= 4 is 23.5 Å². The Bertz CT molecular complexity index is 1210. The van der Waals surface area contributed by atoms with E-state index in [1.165, 1.54) is 4.90 Å². The number of hydrogen-bond donors (Lipinski definition) is 0. The summed E-state index contributed by atoms with van der Waals surface area (Å²) in [5, 5.41) is 9.06. The molecule has 188 valence electrons. The highest BCUT2D eigenvalue weighted by Crippen LogP contribution is 2.48. The van der Waals surface area contributed by atoms with Crippen LogP contribution in [0.4, 0.5) is 23.5 Å². The number of nitrogens with zero attached hydrogens (tertiary/aromatic N) is 6. The zero-order chi connectivity index (χ0) is 25.0. The number of likely N-dealkylation sites (tertiary alicyclic amines) is 1. The summed E-state index contributed by atoms with van der Waals surface area (Å²) >= 11 is 6.21. The van der Waals surface area contributed by atoms with Crippen molar-refractivity contribution in [3.8, 4) is 5.69 Å². The standard InChI is InChI=1S/C23H25ClF4N6O/c1-20(2,23(26,27)28)33-8-14-7-15(24)3-4-16(14)34-17(9-33)29-30-19(34)32-12-21(13-32)10-31(11-21)18(35)22(25)5-6-22/h3-4,7H,5-6,8-13H2,1-2H3. The number of fused-ring (bicyclic) bond motifs is 3. The van der Waals surface area contributed by atoms with E-state index >= 15 is 0 Å². The number of halogens is 5. The van der Waals surface area contributed by atoms with E-state index in [4.69, 9.17) is 11.6 Å². The summed E-state index contributed by atoms with van der Waals surface area (Å²) in [6, 6.07) is 5.18. The lowest BCUT2D eigenvalue weighted by atomic mass is 9.72. The number of hydrogen-bond acceptors (Lipinski definition) is 5. The second-order valence-corrected chi connectivity index (χ2v) is 11.4. The van der Waals surface area contributed by atoms with Gasteiger partial charge in [0.2, 0.25) is 5.95 Å². The maximum Gasteiger partial charge on any atom is 0.406 e. The zero-order valence-corrected chi connectivity index (χ0v) is 20.1. The van der Waals surface area contributed by atoms with Crippen molar-refractivity contribution in [1.82, 2.24) is 24.6 Å². The van der Waals surface area contributed by atoms with Gasteiger partial charge in [-0.3, -0.25) is 14.3 Å². The van der Waals surface area contributed by atoms with Gasteiger partial charge < -0.3 is 9.80 Å². The molecular formula is C23H25ClF4N6O. The predicted molar refractivity (Wildman–Crippen MR) is 120 cm³/mol. The van der Waals surface area contributed by atoms with Crippen LogP contribution in [0.25, 0.3) is 5.69 Å². The Kier molecular flexibility index (Phi) is 4.66. The smallest absolute Gasteiger partial charge is 0.339 e. The fourth-order valence-corrected chi connectivity index (χ4v) is 5.58. The maximum absolute atomic E-state index is 14.1. The molecule has 0 unspecified atom stereocenters. The Morgan fingerprint density at radius 2 is 1.74 bits per heavy atom. The molecule has 4 heterocycles. The molecule has 2 aromatic rings. The molecule has 1 aromatic heterocycles. The molecule has 1 saturated carbocycles. The Morgan fingerprint density at radius 3 is 2.37 bits per heavy atom. The average Bonchev–Trinajstić information content (AvgIpc) is 3.38. The maximum atomic E-state index is 14.1. The number of benzene rings is 1. The van der Waals surface area contributed by atoms with Crippen LogP contribution in [0.2, 0.25) is 5.02 Å². The monoisotopic (exact) mass is 512 g/mol. The van der Waals surface area contributed by atoms with Gasteiger partial charge in [-0.1, -0.05) is 11.6 Å². The first-order valence-corrected chi connectivity index (χ1v) is 12.0. The van der Waals surface area contributed by atoms with Crippen molar-refractivity contribution in [3.05, 3.63) is 34.6 Å². The number of carbonyl (C=O) groups is 1. The summed E-state index contributed by atoms with van der Waals surface area (Å²) in [5.41, 5.74) is -2.50. The molecule has 0 N–H and O–H groups in total. The van der Waals surface area contributed by atoms with E-state index in [0.29, 0.717) is 67.1 Å². The van der Waals surface area contributed by atoms with Gasteiger partial charge in [0.15, 0.2) is 11.5 Å². The molecule has 4 aliphatic rings. The summed E-state index contributed by atoms with van der Waals surface area (Å²) in [4.78, 5) is 17.2. The average molecular weight is 513 g/mol. The Hall–Kier alpha value is -2.40. The van der Waals surface area contributed by atoms with E-state index < -0.39 is 23.3 Å². The predicted octanol–water partition coefficient (Wildman–Crippen LogP) is 3.73. The lowest BCUT2D eigenvalue weighted by molar-refractivity contribution is -0.224. The first-order valence-electron chi connectivity index (χ1n) is 11.6. The molecule has 1 aliphatic carbocycles. The molecule has 6 rings (SSSR count). The Labute approximate surface area is 204 Å². The molecule has 35 heavy (non-hydrogen) atoms. The topological polar surface area (TPSA) is 57.5 Å². The number of carbonyl (C=O) groups excluding carboxylic acids is 1. The third-order valence-electron chi connectivity index (χ3n) is 7.92. The van der Waals surface area contributed by atoms with Gasteiger partial charge in [0.05, 0.1) is 12.2 Å². The van der Waals surface area contributed by atoms with Gasteiger partial charge in [-0.25, -0.2) is 4.39 Å². The van der Waals surface area contributed by atoms with E-state index in [9.17, 15) is 22.4 Å². The van der Waals surface area contributed by atoms with E-state index in [1.807, 2.05) is 9.47 Å². The highest BCUT2D eigenvalue weighted by molar-refractivity contribution is 6.30. The third kappa shape index (κ3) is 3.45. The Morgan fingerprint density at radius 1 is 1.06 bits per heavy atom. The lowest BCUT2D eigenvalue weighted by Crippen LogP contribution is -2.74. The fraction of sp³-hybridized carbons (Fsp3) is 0.609. The van der Waals surface area contributed by atoms with Crippen LogP contribution in [0.5, 0.6) is 0 Å². The van der Waals surface area contributed by atoms with Gasteiger partial charge in [0.1, 0.15) is 5.54 Å². The molecule has 1 amide bonds. The van der Waals surface area contributed by atoms with Gasteiger partial charge >= 0.3 is 6.18 Å². The van der Waals surface area contributed by atoms with Crippen LogP contribution in [-0.4, -0.2) is 74.0 Å². The largest absolute Gasteiger partial charge is 0.406 e. The Balaban J connectivity index is 1.27. The normalized spacial score (nSPS) is 22.7. The molecule has 7 nitrogen and oxygen atoms in total. The highest BCUT2D eigenvalue weighted by atomic mass is 35.5. The summed E-state index contributed by atoms with van der Waals surface area (Å²) in [7, 11) is 0. The van der Waals surface area contributed by atoms with Gasteiger partial charge in [0.25, 0.3) is 5.91 Å². The first-order chi connectivity index (χ1) is 16.3. The summed E-state index contributed by atoms with van der Waals surface area (Å²) in [5.74, 6) is 0.559. The van der Waals surface area contributed by atoms with Crippen molar-refractivity contribution in [2.45, 2.75) is 57.2 Å². The van der Waals surface area contributed by atoms with Crippen LogP contribution < -0.4 is 4.90 Å². The SMILES string of the molecule is CC(C)(N1Cc2cc(Cl)ccc2-n2c(nnc2N2CC3(CN(C(=O)C4(F)CC4)C3)C2)C1)C(F)(F)F. The molecule has 1 spiro atoms. The van der Waals surface area contributed by atoms with Crippen LogP contribution in [0.15, 0.2) is 18.2 Å². The van der Waals surface area contributed by atoms with Gasteiger partial charge in [-0.15, -0.1) is 10.2 Å². The van der Waals surface area contributed by atoms with Crippen LogP contribution in [0, 0.1) is 5.41 Å². The van der Waals surface area contributed by atoms with E-state index in [2.05, 4.69) is 10.2 Å². The van der Waals surface area contributed by atoms with Gasteiger partial charge in [-0.05, 0) is 50.5 Å². The number of alkyl halides is 4. The van der Waals surface area contributed by atoms with Crippen molar-refractivity contribution in [2.75, 3.05) is 31.1 Å². The quantitative estimate of drug-likeness (QED) is 0.587. The van der Waals surface area contributed by atoms with Crippen LogP contribution in [-0.2, 0) is 17.9 Å². The lowest BCUT2D eigenvalue weighted by Gasteiger charge is -2.60. The van der Waals surface area contributed by atoms with Gasteiger partial charge in [-0.2, -0.15) is 13.2 Å².